The van der Waals surface area contributed by atoms with Crippen molar-refractivity contribution in [2.75, 3.05) is 20.8 Å². The molecular weight excluding hydrogens is 238 g/mol. The first-order valence-corrected chi connectivity index (χ1v) is 6.90. The largest absolute Gasteiger partial charge is 0.385 e. The molecule has 0 bridgehead atoms. The summed E-state index contributed by atoms with van der Waals surface area (Å²) in [7, 11) is 3.74. The van der Waals surface area contributed by atoms with E-state index in [1.54, 1.807) is 7.11 Å². The minimum Gasteiger partial charge on any atom is -0.385 e. The second-order valence-electron chi connectivity index (χ2n) is 4.75. The van der Waals surface area contributed by atoms with E-state index in [2.05, 4.69) is 41.2 Å². The number of rotatable bonds is 7. The summed E-state index contributed by atoms with van der Waals surface area (Å²) in [6, 6.07) is 8.85. The van der Waals surface area contributed by atoms with Crippen molar-refractivity contribution in [3.05, 3.63) is 30.0 Å². The molecule has 4 heteroatoms. The first-order valence-electron chi connectivity index (χ1n) is 6.90. The van der Waals surface area contributed by atoms with Crippen LogP contribution in [0.25, 0.3) is 10.9 Å². The van der Waals surface area contributed by atoms with Crippen LogP contribution in [-0.2, 0) is 17.7 Å². The van der Waals surface area contributed by atoms with Crippen molar-refractivity contribution in [2.24, 2.45) is 0 Å². The molecule has 104 valence electrons. The topological polar surface area (TPSA) is 39.1 Å². The number of hydrogen-bond acceptors (Lipinski definition) is 3. The number of likely N-dealkylation sites (N-methyl/N-ethyl adjacent to an activating group) is 1. The van der Waals surface area contributed by atoms with Gasteiger partial charge in [-0.25, -0.2) is 0 Å². The highest BCUT2D eigenvalue weighted by Crippen LogP contribution is 2.20. The van der Waals surface area contributed by atoms with Crippen molar-refractivity contribution in [3.8, 4) is 0 Å². The molecule has 1 aromatic heterocycles. The highest BCUT2D eigenvalue weighted by Gasteiger charge is 2.14. The monoisotopic (exact) mass is 261 g/mol. The molecule has 1 N–H and O–H groups in total. The number of hydrogen-bond donors (Lipinski definition) is 1. The normalized spacial score (nSPS) is 13.0. The molecule has 0 fully saturated rings. The van der Waals surface area contributed by atoms with Gasteiger partial charge in [0.05, 0.1) is 11.2 Å². The Morgan fingerprint density at radius 2 is 2.16 bits per heavy atom. The molecule has 1 unspecified atom stereocenters. The Morgan fingerprint density at radius 1 is 1.37 bits per heavy atom. The first kappa shape index (κ1) is 14.0. The number of benzene rings is 1. The second kappa shape index (κ2) is 6.68. The first-order chi connectivity index (χ1) is 9.30. The van der Waals surface area contributed by atoms with Crippen LogP contribution in [0.4, 0.5) is 0 Å². The van der Waals surface area contributed by atoms with Gasteiger partial charge in [0.25, 0.3) is 0 Å². The smallest absolute Gasteiger partial charge is 0.0718 e. The Kier molecular flexibility index (Phi) is 4.93. The zero-order chi connectivity index (χ0) is 13.7. The fourth-order valence-corrected chi connectivity index (χ4v) is 2.43. The molecule has 4 nitrogen and oxygen atoms in total. The molecule has 1 atom stereocenters. The zero-order valence-electron chi connectivity index (χ0n) is 12.0. The average Bonchev–Trinajstić information content (AvgIpc) is 2.81. The highest BCUT2D eigenvalue weighted by molar-refractivity contribution is 5.82. The third kappa shape index (κ3) is 3.14. The number of ether oxygens (including phenoxy) is 1. The molecule has 0 saturated heterocycles. The van der Waals surface area contributed by atoms with Crippen molar-refractivity contribution < 1.29 is 4.74 Å². The molecule has 2 aromatic rings. The molecule has 0 saturated carbocycles. The number of aryl methyl sites for hydroxylation is 1. The molecule has 0 spiro atoms. The minimum absolute atomic E-state index is 0.406. The zero-order valence-corrected chi connectivity index (χ0v) is 12.0. The minimum atomic E-state index is 0.406. The third-order valence-corrected chi connectivity index (χ3v) is 3.55. The number of para-hydroxylation sites is 1. The van der Waals surface area contributed by atoms with E-state index in [4.69, 9.17) is 9.84 Å². The number of nitrogens with zero attached hydrogens (tertiary/aromatic N) is 2. The van der Waals surface area contributed by atoms with Crippen molar-refractivity contribution in [1.29, 1.82) is 0 Å². The van der Waals surface area contributed by atoms with Crippen molar-refractivity contribution in [1.82, 2.24) is 15.1 Å². The molecule has 0 aliphatic rings. The number of methoxy groups -OCH3 is 1. The average molecular weight is 261 g/mol. The van der Waals surface area contributed by atoms with Gasteiger partial charge in [-0.1, -0.05) is 18.2 Å². The fraction of sp³-hybridized carbons (Fsp3) is 0.533. The van der Waals surface area contributed by atoms with Gasteiger partial charge in [-0.3, -0.25) is 4.68 Å². The van der Waals surface area contributed by atoms with Crippen molar-refractivity contribution >= 4 is 10.9 Å². The SMILES string of the molecule is CCn1nc(CC(CCOC)NC)c2ccccc21. The molecule has 1 aromatic carbocycles. The lowest BCUT2D eigenvalue weighted by atomic mass is 10.1. The van der Waals surface area contributed by atoms with E-state index in [9.17, 15) is 0 Å². The Morgan fingerprint density at radius 3 is 2.84 bits per heavy atom. The summed E-state index contributed by atoms with van der Waals surface area (Å²) in [4.78, 5) is 0. The van der Waals surface area contributed by atoms with Gasteiger partial charge < -0.3 is 10.1 Å². The van der Waals surface area contributed by atoms with Crippen LogP contribution >= 0.6 is 0 Å². The van der Waals surface area contributed by atoms with Gasteiger partial charge in [-0.15, -0.1) is 0 Å². The lowest BCUT2D eigenvalue weighted by Crippen LogP contribution is -2.29. The van der Waals surface area contributed by atoms with Gasteiger partial charge >= 0.3 is 0 Å². The summed E-state index contributed by atoms with van der Waals surface area (Å²) >= 11 is 0. The van der Waals surface area contributed by atoms with Crippen LogP contribution < -0.4 is 5.32 Å². The maximum atomic E-state index is 5.16. The predicted octanol–water partition coefficient (Wildman–Crippen LogP) is 2.22. The van der Waals surface area contributed by atoms with Gasteiger partial charge in [0.15, 0.2) is 0 Å². The predicted molar refractivity (Wildman–Crippen MR) is 78.5 cm³/mol. The van der Waals surface area contributed by atoms with Crippen LogP contribution in [-0.4, -0.2) is 36.6 Å². The molecule has 0 radical (unpaired) electrons. The van der Waals surface area contributed by atoms with Crippen LogP contribution in [0, 0.1) is 0 Å². The molecule has 0 aliphatic heterocycles. The Bertz CT molecular complexity index is 521. The van der Waals surface area contributed by atoms with E-state index in [-0.39, 0.29) is 0 Å². The highest BCUT2D eigenvalue weighted by atomic mass is 16.5. The third-order valence-electron chi connectivity index (χ3n) is 3.55. The van der Waals surface area contributed by atoms with Crippen LogP contribution in [0.2, 0.25) is 0 Å². The van der Waals surface area contributed by atoms with Crippen molar-refractivity contribution in [2.45, 2.75) is 32.4 Å². The van der Waals surface area contributed by atoms with E-state index in [0.29, 0.717) is 6.04 Å². The second-order valence-corrected chi connectivity index (χ2v) is 4.75. The molecule has 2 rings (SSSR count). The van der Waals surface area contributed by atoms with Gasteiger partial charge in [-0.05, 0) is 26.5 Å². The van der Waals surface area contributed by atoms with Gasteiger partial charge in [0, 0.05) is 38.1 Å². The number of fused-ring (bicyclic) bond motifs is 1. The lowest BCUT2D eigenvalue weighted by molar-refractivity contribution is 0.183. The standard InChI is InChI=1S/C15H23N3O/c1-4-18-15-8-6-5-7-13(15)14(17-18)11-12(16-2)9-10-19-3/h5-8,12,16H,4,9-11H2,1-3H3. The molecule has 1 heterocycles. The molecular formula is C15H23N3O. The fourth-order valence-electron chi connectivity index (χ4n) is 2.43. The maximum absolute atomic E-state index is 5.16. The van der Waals surface area contributed by atoms with Crippen molar-refractivity contribution in [3.63, 3.8) is 0 Å². The summed E-state index contributed by atoms with van der Waals surface area (Å²) in [5.41, 5.74) is 2.40. The Hall–Kier alpha value is -1.39. The summed E-state index contributed by atoms with van der Waals surface area (Å²) in [6.07, 6.45) is 1.94. The molecule has 0 amide bonds. The quantitative estimate of drug-likeness (QED) is 0.830. The molecule has 19 heavy (non-hydrogen) atoms. The summed E-state index contributed by atoms with van der Waals surface area (Å²) < 4.78 is 7.24. The van der Waals surface area contributed by atoms with E-state index < -0.39 is 0 Å². The van der Waals surface area contributed by atoms with Crippen LogP contribution in [0.15, 0.2) is 24.3 Å². The maximum Gasteiger partial charge on any atom is 0.0718 e. The Balaban J connectivity index is 2.24. The lowest BCUT2D eigenvalue weighted by Gasteiger charge is -2.14. The van der Waals surface area contributed by atoms with Crippen LogP contribution in [0.1, 0.15) is 19.0 Å². The number of aromatic nitrogens is 2. The van der Waals surface area contributed by atoms with Crippen LogP contribution in [0.3, 0.4) is 0 Å². The van der Waals surface area contributed by atoms with E-state index in [0.717, 1.165) is 26.0 Å². The molecule has 0 aliphatic carbocycles. The van der Waals surface area contributed by atoms with Crippen LogP contribution in [0.5, 0.6) is 0 Å². The van der Waals surface area contributed by atoms with E-state index in [1.807, 2.05) is 7.05 Å². The van der Waals surface area contributed by atoms with Gasteiger partial charge in [-0.2, -0.15) is 5.10 Å². The van der Waals surface area contributed by atoms with E-state index in [1.165, 1.54) is 16.6 Å². The summed E-state index contributed by atoms with van der Waals surface area (Å²) in [6.45, 7) is 3.81. The summed E-state index contributed by atoms with van der Waals surface area (Å²) in [5.74, 6) is 0. The summed E-state index contributed by atoms with van der Waals surface area (Å²) in [5, 5.41) is 9.35. The van der Waals surface area contributed by atoms with Gasteiger partial charge in [0.2, 0.25) is 0 Å². The van der Waals surface area contributed by atoms with Gasteiger partial charge in [0.1, 0.15) is 0 Å². The number of nitrogens with one attached hydrogen (secondary N) is 1. The van der Waals surface area contributed by atoms with E-state index >= 15 is 0 Å². The Labute approximate surface area is 114 Å².